The van der Waals surface area contributed by atoms with Crippen LogP contribution in [0.2, 0.25) is 0 Å². The third-order valence-corrected chi connectivity index (χ3v) is 2.73. The number of nitrogens with one attached hydrogen (secondary N) is 2. The molecule has 0 aliphatic heterocycles. The number of rotatable bonds is 7. The molecule has 0 aliphatic rings. The monoisotopic (exact) mass is 303 g/mol. The molecule has 6 nitrogen and oxygen atoms in total. The largest absolute Gasteiger partial charge is 0.379 e. The van der Waals surface area contributed by atoms with E-state index in [1.165, 1.54) is 6.20 Å². The van der Waals surface area contributed by atoms with Crippen LogP contribution in [0, 0.1) is 0 Å². The van der Waals surface area contributed by atoms with E-state index in [9.17, 15) is 9.59 Å². The molecule has 0 amide bonds. The van der Waals surface area contributed by atoms with Crippen molar-refractivity contribution in [3.05, 3.63) is 21.0 Å². The number of nitrogens with zero attached hydrogens (tertiary/aromatic N) is 1. The van der Waals surface area contributed by atoms with Crippen molar-refractivity contribution in [2.75, 3.05) is 18.5 Å². The first-order valence-corrected chi connectivity index (χ1v) is 5.95. The molecule has 0 bridgehead atoms. The Labute approximate surface area is 107 Å². The van der Waals surface area contributed by atoms with Gasteiger partial charge in [0.15, 0.2) is 0 Å². The first-order valence-electron chi connectivity index (χ1n) is 5.16. The molecular formula is C10H14BrN3O3. The second-order valence-electron chi connectivity index (χ2n) is 3.50. The van der Waals surface area contributed by atoms with Gasteiger partial charge in [-0.25, -0.2) is 5.10 Å². The molecule has 0 aliphatic carbocycles. The van der Waals surface area contributed by atoms with Crippen LogP contribution in [0.15, 0.2) is 15.5 Å². The summed E-state index contributed by atoms with van der Waals surface area (Å²) in [6.07, 6.45) is 2.73. The van der Waals surface area contributed by atoms with Gasteiger partial charge in [0.2, 0.25) is 0 Å². The van der Waals surface area contributed by atoms with Gasteiger partial charge in [-0.3, -0.25) is 4.79 Å². The van der Waals surface area contributed by atoms with E-state index < -0.39 is 0 Å². The highest BCUT2D eigenvalue weighted by Crippen LogP contribution is 2.16. The van der Waals surface area contributed by atoms with Crippen LogP contribution in [0.3, 0.4) is 0 Å². The molecule has 1 aromatic heterocycles. The van der Waals surface area contributed by atoms with Gasteiger partial charge in [-0.2, -0.15) is 5.10 Å². The van der Waals surface area contributed by atoms with Gasteiger partial charge >= 0.3 is 0 Å². The number of hydrogen-bond acceptors (Lipinski definition) is 5. The van der Waals surface area contributed by atoms with Crippen LogP contribution >= 0.6 is 15.9 Å². The Morgan fingerprint density at radius 1 is 1.71 bits per heavy atom. The number of aldehydes is 1. The van der Waals surface area contributed by atoms with Crippen LogP contribution in [0.1, 0.15) is 13.3 Å². The highest BCUT2D eigenvalue weighted by Gasteiger charge is 2.07. The molecule has 0 saturated carbocycles. The standard InChI is InChI=1S/C10H14BrN3O3/c1-7(6-17-4-2-3-15)13-8-5-12-14-10(16)9(8)11/h3,5,7H,2,4,6H2,1H3,(H2,13,14,16)/t7-/m0/s1. The van der Waals surface area contributed by atoms with Gasteiger partial charge in [-0.1, -0.05) is 0 Å². The quantitative estimate of drug-likeness (QED) is 0.578. The fraction of sp³-hybridized carbons (Fsp3) is 0.500. The summed E-state index contributed by atoms with van der Waals surface area (Å²) < 4.78 is 5.67. The van der Waals surface area contributed by atoms with Gasteiger partial charge < -0.3 is 14.8 Å². The van der Waals surface area contributed by atoms with Crippen molar-refractivity contribution in [2.45, 2.75) is 19.4 Å². The number of aromatic nitrogens is 2. The average molecular weight is 304 g/mol. The van der Waals surface area contributed by atoms with Crippen molar-refractivity contribution in [1.29, 1.82) is 0 Å². The van der Waals surface area contributed by atoms with E-state index in [0.717, 1.165) is 6.29 Å². The maximum absolute atomic E-state index is 11.2. The molecule has 0 unspecified atom stereocenters. The van der Waals surface area contributed by atoms with Crippen LogP contribution in [-0.4, -0.2) is 35.7 Å². The van der Waals surface area contributed by atoms with Crippen molar-refractivity contribution in [3.63, 3.8) is 0 Å². The third kappa shape index (κ3) is 4.66. The summed E-state index contributed by atoms with van der Waals surface area (Å²) >= 11 is 3.17. The molecule has 17 heavy (non-hydrogen) atoms. The zero-order valence-electron chi connectivity index (χ0n) is 9.40. The molecule has 1 aromatic rings. The molecule has 0 aromatic carbocycles. The summed E-state index contributed by atoms with van der Waals surface area (Å²) in [7, 11) is 0. The Hall–Kier alpha value is -1.21. The predicted octanol–water partition coefficient (Wildman–Crippen LogP) is 0.938. The molecule has 1 heterocycles. The van der Waals surface area contributed by atoms with Gasteiger partial charge in [0.05, 0.1) is 25.1 Å². The highest BCUT2D eigenvalue weighted by atomic mass is 79.9. The first kappa shape index (κ1) is 13.9. The van der Waals surface area contributed by atoms with Gasteiger partial charge in [0.25, 0.3) is 5.56 Å². The van der Waals surface area contributed by atoms with Crippen molar-refractivity contribution < 1.29 is 9.53 Å². The SMILES string of the molecule is C[C@@H](COCCC=O)Nc1cn[nH]c(=O)c1Br. The summed E-state index contributed by atoms with van der Waals surface area (Å²) in [5, 5.41) is 9.09. The molecule has 1 rings (SSSR count). The summed E-state index contributed by atoms with van der Waals surface area (Å²) in [5.74, 6) is 0. The van der Waals surface area contributed by atoms with Crippen LogP contribution < -0.4 is 10.9 Å². The van der Waals surface area contributed by atoms with E-state index in [1.54, 1.807) is 0 Å². The summed E-state index contributed by atoms with van der Waals surface area (Å²) in [6, 6.07) is 0.0153. The minimum absolute atomic E-state index is 0.0153. The lowest BCUT2D eigenvalue weighted by atomic mass is 10.3. The lowest BCUT2D eigenvalue weighted by Gasteiger charge is -2.15. The van der Waals surface area contributed by atoms with Crippen molar-refractivity contribution in [3.8, 4) is 0 Å². The molecule has 94 valence electrons. The average Bonchev–Trinajstić information content (AvgIpc) is 2.31. The van der Waals surface area contributed by atoms with Gasteiger partial charge in [-0.15, -0.1) is 0 Å². The zero-order valence-corrected chi connectivity index (χ0v) is 11.0. The van der Waals surface area contributed by atoms with E-state index in [4.69, 9.17) is 4.74 Å². The number of hydrogen-bond donors (Lipinski definition) is 2. The minimum Gasteiger partial charge on any atom is -0.379 e. The zero-order chi connectivity index (χ0) is 12.7. The Morgan fingerprint density at radius 2 is 2.47 bits per heavy atom. The lowest BCUT2D eigenvalue weighted by Crippen LogP contribution is -2.24. The van der Waals surface area contributed by atoms with E-state index >= 15 is 0 Å². The number of aromatic amines is 1. The lowest BCUT2D eigenvalue weighted by molar-refractivity contribution is -0.108. The highest BCUT2D eigenvalue weighted by molar-refractivity contribution is 9.10. The van der Waals surface area contributed by atoms with Crippen LogP contribution in [-0.2, 0) is 9.53 Å². The van der Waals surface area contributed by atoms with Gasteiger partial charge in [0.1, 0.15) is 10.8 Å². The van der Waals surface area contributed by atoms with Crippen LogP contribution in [0.4, 0.5) is 5.69 Å². The molecule has 0 radical (unpaired) electrons. The second kappa shape index (κ2) is 7.18. The molecule has 0 spiro atoms. The normalized spacial score (nSPS) is 12.1. The molecular weight excluding hydrogens is 290 g/mol. The van der Waals surface area contributed by atoms with Crippen LogP contribution in [0.25, 0.3) is 0 Å². The number of carbonyl (C=O) groups excluding carboxylic acids is 1. The van der Waals surface area contributed by atoms with E-state index in [-0.39, 0.29) is 11.6 Å². The molecule has 1 atom stereocenters. The Morgan fingerprint density at radius 3 is 3.18 bits per heavy atom. The van der Waals surface area contributed by atoms with E-state index in [2.05, 4.69) is 31.4 Å². The fourth-order valence-corrected chi connectivity index (χ4v) is 1.49. The summed E-state index contributed by atoms with van der Waals surface area (Å²) in [6.45, 7) is 2.77. The Balaban J connectivity index is 2.45. The molecule has 2 N–H and O–H groups in total. The van der Waals surface area contributed by atoms with Crippen LogP contribution in [0.5, 0.6) is 0 Å². The van der Waals surface area contributed by atoms with E-state index in [1.807, 2.05) is 6.92 Å². The van der Waals surface area contributed by atoms with Gasteiger partial charge in [0, 0.05) is 12.5 Å². The number of halogens is 1. The third-order valence-electron chi connectivity index (χ3n) is 1.95. The van der Waals surface area contributed by atoms with Crippen molar-refractivity contribution in [1.82, 2.24) is 10.2 Å². The minimum atomic E-state index is -0.288. The molecule has 0 fully saturated rings. The smallest absolute Gasteiger partial charge is 0.280 e. The fourth-order valence-electron chi connectivity index (χ4n) is 1.18. The number of carbonyl (C=O) groups is 1. The maximum Gasteiger partial charge on any atom is 0.280 e. The van der Waals surface area contributed by atoms with Crippen molar-refractivity contribution >= 4 is 27.9 Å². The number of H-pyrrole nitrogens is 1. The summed E-state index contributed by atoms with van der Waals surface area (Å²) in [4.78, 5) is 21.3. The van der Waals surface area contributed by atoms with Gasteiger partial charge in [-0.05, 0) is 22.9 Å². The number of anilines is 1. The second-order valence-corrected chi connectivity index (χ2v) is 4.30. The topological polar surface area (TPSA) is 84.1 Å². The Kier molecular flexibility index (Phi) is 5.85. The summed E-state index contributed by atoms with van der Waals surface area (Å²) in [5.41, 5.74) is 0.323. The van der Waals surface area contributed by atoms with E-state index in [0.29, 0.717) is 29.8 Å². The first-order chi connectivity index (χ1) is 8.15. The predicted molar refractivity (Wildman–Crippen MR) is 67.1 cm³/mol. The molecule has 0 saturated heterocycles. The van der Waals surface area contributed by atoms with Crippen molar-refractivity contribution in [2.24, 2.45) is 0 Å². The maximum atomic E-state index is 11.2. The molecule has 7 heteroatoms. The number of ether oxygens (including phenoxy) is 1. The Bertz CT molecular complexity index is 422.